The first-order valence-corrected chi connectivity index (χ1v) is 7.88. The molecule has 0 spiro atoms. The molecule has 0 saturated heterocycles. The molecule has 3 N–H and O–H groups in total. The molecule has 0 radical (unpaired) electrons. The van der Waals surface area contributed by atoms with Crippen LogP contribution in [0.5, 0.6) is 0 Å². The van der Waals surface area contributed by atoms with Crippen LogP contribution in [0.1, 0.15) is 0 Å². The number of thiazole rings is 1. The van der Waals surface area contributed by atoms with Gasteiger partial charge < -0.3 is 10.7 Å². The van der Waals surface area contributed by atoms with E-state index in [9.17, 15) is 0 Å². The smallest absolute Gasteiger partial charge is 0.105 e. The van der Waals surface area contributed by atoms with E-state index in [2.05, 4.69) is 40.3 Å². The average Bonchev–Trinajstić information content (AvgIpc) is 3.08. The van der Waals surface area contributed by atoms with E-state index in [0.29, 0.717) is 0 Å². The van der Waals surface area contributed by atoms with E-state index in [1.54, 1.807) is 23.1 Å². The molecule has 0 bridgehead atoms. The van der Waals surface area contributed by atoms with Crippen LogP contribution in [0.25, 0.3) is 21.1 Å². The van der Waals surface area contributed by atoms with Crippen LogP contribution in [0, 0.1) is 0 Å². The van der Waals surface area contributed by atoms with Crippen molar-refractivity contribution in [1.29, 1.82) is 0 Å². The van der Waals surface area contributed by atoms with Crippen molar-refractivity contribution in [3.8, 4) is 0 Å². The van der Waals surface area contributed by atoms with Crippen molar-refractivity contribution in [3.63, 3.8) is 0 Å². The minimum Gasteiger partial charge on any atom is -0.396 e. The van der Waals surface area contributed by atoms with Gasteiger partial charge in [0, 0.05) is 15.8 Å². The van der Waals surface area contributed by atoms with Gasteiger partial charge in [-0.2, -0.15) is 0 Å². The van der Waals surface area contributed by atoms with Crippen molar-refractivity contribution in [2.24, 2.45) is 0 Å². The molecule has 0 aliphatic rings. The monoisotopic (exact) mass is 297 g/mol. The second-order valence-electron chi connectivity index (χ2n) is 4.50. The lowest BCUT2D eigenvalue weighted by Gasteiger charge is -2.04. The third-order valence-electron chi connectivity index (χ3n) is 3.23. The van der Waals surface area contributed by atoms with Crippen LogP contribution in [-0.2, 0) is 0 Å². The zero-order valence-corrected chi connectivity index (χ0v) is 12.1. The molecule has 0 amide bonds. The summed E-state index contributed by atoms with van der Waals surface area (Å²) >= 11 is 3.25. The van der Waals surface area contributed by atoms with Crippen LogP contribution in [0.4, 0.5) is 5.69 Å². The predicted molar refractivity (Wildman–Crippen MR) is 86.5 cm³/mol. The summed E-state index contributed by atoms with van der Waals surface area (Å²) < 4.78 is 1.13. The maximum atomic E-state index is 6.21. The standard InChI is InChI=1S/C15H11N3S2/c16-14-11(5-6-12-15(14)17-8-19-12)20-13-7-9-3-1-2-4-10(9)18-13/h1-8,18H,16H2. The highest BCUT2D eigenvalue weighted by Crippen LogP contribution is 2.37. The van der Waals surface area contributed by atoms with Crippen LogP contribution >= 0.6 is 23.1 Å². The van der Waals surface area contributed by atoms with E-state index in [1.165, 1.54) is 5.39 Å². The molecule has 2 aromatic heterocycles. The Morgan fingerprint density at radius 2 is 2.05 bits per heavy atom. The number of hydrogen-bond donors (Lipinski definition) is 2. The van der Waals surface area contributed by atoms with Gasteiger partial charge in [-0.1, -0.05) is 30.0 Å². The van der Waals surface area contributed by atoms with E-state index in [1.807, 2.05) is 17.6 Å². The van der Waals surface area contributed by atoms with E-state index < -0.39 is 0 Å². The highest BCUT2D eigenvalue weighted by Gasteiger charge is 2.09. The number of H-pyrrole nitrogens is 1. The van der Waals surface area contributed by atoms with Crippen LogP contribution < -0.4 is 5.73 Å². The Morgan fingerprint density at radius 1 is 1.15 bits per heavy atom. The molecule has 4 rings (SSSR count). The van der Waals surface area contributed by atoms with Gasteiger partial charge in [-0.15, -0.1) is 11.3 Å². The van der Waals surface area contributed by atoms with Gasteiger partial charge in [-0.3, -0.25) is 0 Å². The number of hydrogen-bond acceptors (Lipinski definition) is 4. The minimum absolute atomic E-state index is 0.757. The zero-order valence-electron chi connectivity index (χ0n) is 10.5. The molecular formula is C15H11N3S2. The summed E-state index contributed by atoms with van der Waals surface area (Å²) in [5.74, 6) is 0. The summed E-state index contributed by atoms with van der Waals surface area (Å²) in [5.41, 5.74) is 10.8. The van der Waals surface area contributed by atoms with Crippen molar-refractivity contribution < 1.29 is 0 Å². The van der Waals surface area contributed by atoms with Crippen molar-refractivity contribution in [1.82, 2.24) is 9.97 Å². The molecule has 0 unspecified atom stereocenters. The van der Waals surface area contributed by atoms with Gasteiger partial charge in [0.2, 0.25) is 0 Å². The summed E-state index contributed by atoms with van der Waals surface area (Å²) in [6, 6.07) is 14.5. The molecule has 0 fully saturated rings. The Kier molecular flexibility index (Phi) is 2.68. The van der Waals surface area contributed by atoms with Gasteiger partial charge in [0.05, 0.1) is 20.9 Å². The first kappa shape index (κ1) is 11.8. The topological polar surface area (TPSA) is 54.7 Å². The van der Waals surface area contributed by atoms with Crippen LogP contribution in [-0.4, -0.2) is 9.97 Å². The van der Waals surface area contributed by atoms with Gasteiger partial charge in [-0.25, -0.2) is 4.98 Å². The van der Waals surface area contributed by atoms with Crippen LogP contribution in [0.3, 0.4) is 0 Å². The van der Waals surface area contributed by atoms with Gasteiger partial charge >= 0.3 is 0 Å². The largest absolute Gasteiger partial charge is 0.396 e. The number of fused-ring (bicyclic) bond motifs is 2. The number of nitrogens with one attached hydrogen (secondary N) is 1. The maximum absolute atomic E-state index is 6.21. The number of para-hydroxylation sites is 1. The third kappa shape index (κ3) is 1.87. The number of nitrogens with two attached hydrogens (primary N) is 1. The second-order valence-corrected chi connectivity index (χ2v) is 6.47. The fraction of sp³-hybridized carbons (Fsp3) is 0. The molecule has 2 heterocycles. The lowest BCUT2D eigenvalue weighted by atomic mass is 10.3. The van der Waals surface area contributed by atoms with E-state index >= 15 is 0 Å². The van der Waals surface area contributed by atoms with Crippen molar-refractivity contribution >= 4 is 49.9 Å². The molecule has 4 aromatic rings. The summed E-state index contributed by atoms with van der Waals surface area (Å²) in [6.45, 7) is 0. The molecule has 2 aromatic carbocycles. The molecule has 5 heteroatoms. The van der Waals surface area contributed by atoms with E-state index in [-0.39, 0.29) is 0 Å². The van der Waals surface area contributed by atoms with Crippen LogP contribution in [0.15, 0.2) is 57.9 Å². The SMILES string of the molecule is Nc1c(Sc2cc3ccccc3[nH]2)ccc2scnc12. The lowest BCUT2D eigenvalue weighted by Crippen LogP contribution is -1.89. The molecule has 0 aliphatic carbocycles. The first-order chi connectivity index (χ1) is 9.81. The van der Waals surface area contributed by atoms with Crippen LogP contribution in [0.2, 0.25) is 0 Å². The highest BCUT2D eigenvalue weighted by atomic mass is 32.2. The van der Waals surface area contributed by atoms with Crippen molar-refractivity contribution in [2.75, 3.05) is 5.73 Å². The Balaban J connectivity index is 1.78. The number of rotatable bonds is 2. The number of benzene rings is 2. The molecule has 0 atom stereocenters. The summed E-state index contributed by atoms with van der Waals surface area (Å²) in [5, 5.41) is 2.30. The van der Waals surface area contributed by atoms with Gasteiger partial charge in [0.15, 0.2) is 0 Å². The summed E-state index contributed by atoms with van der Waals surface area (Å²) in [7, 11) is 0. The minimum atomic E-state index is 0.757. The maximum Gasteiger partial charge on any atom is 0.105 e. The fourth-order valence-corrected chi connectivity index (χ4v) is 3.86. The Labute approximate surface area is 123 Å². The number of nitrogen functional groups attached to an aromatic ring is 1. The Morgan fingerprint density at radius 3 is 2.95 bits per heavy atom. The van der Waals surface area contributed by atoms with Gasteiger partial charge in [-0.05, 0) is 24.3 Å². The fourth-order valence-electron chi connectivity index (χ4n) is 2.24. The second kappa shape index (κ2) is 4.54. The highest BCUT2D eigenvalue weighted by molar-refractivity contribution is 7.99. The summed E-state index contributed by atoms with van der Waals surface area (Å²) in [6.07, 6.45) is 0. The normalized spacial score (nSPS) is 11.4. The molecule has 98 valence electrons. The number of aromatic amines is 1. The third-order valence-corrected chi connectivity index (χ3v) is 5.04. The quantitative estimate of drug-likeness (QED) is 0.535. The van der Waals surface area contributed by atoms with Gasteiger partial charge in [0.25, 0.3) is 0 Å². The molecule has 20 heavy (non-hydrogen) atoms. The van der Waals surface area contributed by atoms with Crippen molar-refractivity contribution in [3.05, 3.63) is 48.0 Å². The van der Waals surface area contributed by atoms with E-state index in [0.717, 1.165) is 31.3 Å². The van der Waals surface area contributed by atoms with E-state index in [4.69, 9.17) is 5.73 Å². The lowest BCUT2D eigenvalue weighted by molar-refractivity contribution is 1.23. The summed E-state index contributed by atoms with van der Waals surface area (Å²) in [4.78, 5) is 8.77. The Hall–Kier alpha value is -1.98. The predicted octanol–water partition coefficient (Wildman–Crippen LogP) is 4.51. The zero-order chi connectivity index (χ0) is 13.5. The average molecular weight is 297 g/mol. The number of aromatic nitrogens is 2. The van der Waals surface area contributed by atoms with Gasteiger partial charge in [0.1, 0.15) is 5.52 Å². The molecule has 3 nitrogen and oxygen atoms in total. The Bertz CT molecular complexity index is 875. The molecule has 0 saturated carbocycles. The molecule has 0 aliphatic heterocycles. The number of nitrogens with zero attached hydrogens (tertiary/aromatic N) is 1. The number of anilines is 1. The first-order valence-electron chi connectivity index (χ1n) is 6.18. The molecular weight excluding hydrogens is 286 g/mol. The van der Waals surface area contributed by atoms with Crippen molar-refractivity contribution in [2.45, 2.75) is 9.92 Å².